The maximum atomic E-state index is 11.6. The highest BCUT2D eigenvalue weighted by molar-refractivity contribution is 7.91. The highest BCUT2D eigenvalue weighted by Crippen LogP contribution is 2.35. The second kappa shape index (κ2) is 5.10. The molecule has 0 spiro atoms. The summed E-state index contributed by atoms with van der Waals surface area (Å²) in [6, 6.07) is 0.572. The number of hydrogen-bond donors (Lipinski definition) is 1. The number of nitrogens with one attached hydrogen (secondary N) is 1. The molecule has 1 N–H and O–H groups in total. The molecule has 1 aliphatic heterocycles. The van der Waals surface area contributed by atoms with Crippen LogP contribution in [0, 0.1) is 5.92 Å². The lowest BCUT2D eigenvalue weighted by atomic mass is 9.96. The molecular weight excluding hydrogens is 248 g/mol. The molecule has 1 aliphatic carbocycles. The summed E-state index contributed by atoms with van der Waals surface area (Å²) in [6.45, 7) is 8.75. The van der Waals surface area contributed by atoms with Gasteiger partial charge in [-0.3, -0.25) is 4.90 Å². The lowest BCUT2D eigenvalue weighted by Gasteiger charge is -2.46. The Bertz CT molecular complexity index is 388. The minimum atomic E-state index is -2.85. The predicted molar refractivity (Wildman–Crippen MR) is 74.5 cm³/mol. The van der Waals surface area contributed by atoms with E-state index >= 15 is 0 Å². The van der Waals surface area contributed by atoms with E-state index in [1.165, 1.54) is 12.8 Å². The zero-order valence-electron chi connectivity index (χ0n) is 11.8. The SMILES string of the molecule is CCS(=O)(=O)CCN1CC(C2CC2)NCC1(C)C. The Balaban J connectivity index is 1.94. The first-order valence-corrected chi connectivity index (χ1v) is 8.85. The first-order valence-electron chi connectivity index (χ1n) is 7.03. The Hall–Kier alpha value is -0.130. The third-order valence-corrected chi connectivity index (χ3v) is 6.06. The molecule has 0 amide bonds. The van der Waals surface area contributed by atoms with E-state index in [0.29, 0.717) is 18.3 Å². The van der Waals surface area contributed by atoms with Crippen LogP contribution in [0.5, 0.6) is 0 Å². The first kappa shape index (κ1) is 14.3. The van der Waals surface area contributed by atoms with Crippen LogP contribution in [0.2, 0.25) is 0 Å². The van der Waals surface area contributed by atoms with Gasteiger partial charge in [0.05, 0.1) is 5.75 Å². The molecule has 0 bridgehead atoms. The van der Waals surface area contributed by atoms with E-state index < -0.39 is 9.84 Å². The van der Waals surface area contributed by atoms with Crippen LogP contribution in [0.4, 0.5) is 0 Å². The molecule has 1 atom stereocenters. The highest BCUT2D eigenvalue weighted by atomic mass is 32.2. The summed E-state index contributed by atoms with van der Waals surface area (Å²) in [5, 5.41) is 3.62. The molecule has 0 aromatic heterocycles. The molecule has 1 heterocycles. The van der Waals surface area contributed by atoms with Crippen LogP contribution >= 0.6 is 0 Å². The number of piperazine rings is 1. The summed E-state index contributed by atoms with van der Waals surface area (Å²) < 4.78 is 23.3. The minimum absolute atomic E-state index is 0.0641. The number of rotatable bonds is 5. The van der Waals surface area contributed by atoms with Gasteiger partial charge >= 0.3 is 0 Å². The normalized spacial score (nSPS) is 29.4. The summed E-state index contributed by atoms with van der Waals surface area (Å²) in [7, 11) is -2.85. The Labute approximate surface area is 111 Å². The van der Waals surface area contributed by atoms with Gasteiger partial charge in [0.1, 0.15) is 0 Å². The van der Waals surface area contributed by atoms with Gasteiger partial charge in [0, 0.05) is 37.0 Å². The van der Waals surface area contributed by atoms with Gasteiger partial charge in [-0.1, -0.05) is 6.92 Å². The lowest BCUT2D eigenvalue weighted by Crippen LogP contribution is -2.63. The van der Waals surface area contributed by atoms with E-state index in [-0.39, 0.29) is 11.3 Å². The van der Waals surface area contributed by atoms with E-state index in [0.717, 1.165) is 19.0 Å². The summed E-state index contributed by atoms with van der Waals surface area (Å²) >= 11 is 0. The predicted octanol–water partition coefficient (Wildman–Crippen LogP) is 0.884. The maximum Gasteiger partial charge on any atom is 0.151 e. The number of nitrogens with zero attached hydrogens (tertiary/aromatic N) is 1. The van der Waals surface area contributed by atoms with Crippen molar-refractivity contribution in [1.29, 1.82) is 0 Å². The fourth-order valence-corrected chi connectivity index (χ4v) is 3.43. The number of hydrogen-bond acceptors (Lipinski definition) is 4. The average molecular weight is 274 g/mol. The second-order valence-corrected chi connectivity index (χ2v) is 8.79. The molecule has 2 aliphatic rings. The van der Waals surface area contributed by atoms with Crippen molar-refractivity contribution in [3.8, 4) is 0 Å². The van der Waals surface area contributed by atoms with Crippen molar-refractivity contribution in [3.63, 3.8) is 0 Å². The molecule has 4 nitrogen and oxygen atoms in total. The molecule has 1 saturated heterocycles. The van der Waals surface area contributed by atoms with Crippen LogP contribution < -0.4 is 5.32 Å². The van der Waals surface area contributed by atoms with E-state index in [2.05, 4.69) is 24.1 Å². The van der Waals surface area contributed by atoms with Crippen LogP contribution in [0.3, 0.4) is 0 Å². The van der Waals surface area contributed by atoms with Gasteiger partial charge in [0.25, 0.3) is 0 Å². The van der Waals surface area contributed by atoms with Gasteiger partial charge < -0.3 is 5.32 Å². The fourth-order valence-electron chi connectivity index (χ4n) is 2.64. The molecule has 5 heteroatoms. The molecule has 0 aromatic carbocycles. The second-order valence-electron chi connectivity index (χ2n) is 6.32. The van der Waals surface area contributed by atoms with Gasteiger partial charge in [0.2, 0.25) is 0 Å². The van der Waals surface area contributed by atoms with Crippen molar-refractivity contribution in [3.05, 3.63) is 0 Å². The van der Waals surface area contributed by atoms with Crippen molar-refractivity contribution in [2.75, 3.05) is 31.1 Å². The Morgan fingerprint density at radius 1 is 1.33 bits per heavy atom. The summed E-state index contributed by atoms with van der Waals surface area (Å²) in [4.78, 5) is 2.36. The van der Waals surface area contributed by atoms with Gasteiger partial charge in [0.15, 0.2) is 9.84 Å². The molecule has 18 heavy (non-hydrogen) atoms. The molecule has 1 unspecified atom stereocenters. The summed E-state index contributed by atoms with van der Waals surface area (Å²) in [6.07, 6.45) is 2.67. The van der Waals surface area contributed by atoms with Gasteiger partial charge in [-0.15, -0.1) is 0 Å². The molecule has 1 saturated carbocycles. The van der Waals surface area contributed by atoms with E-state index in [1.54, 1.807) is 6.92 Å². The Kier molecular flexibility index (Phi) is 4.04. The van der Waals surface area contributed by atoms with E-state index in [1.807, 2.05) is 0 Å². The lowest BCUT2D eigenvalue weighted by molar-refractivity contribution is 0.0670. The van der Waals surface area contributed by atoms with Gasteiger partial charge in [-0.25, -0.2) is 8.42 Å². The number of sulfone groups is 1. The minimum Gasteiger partial charge on any atom is -0.311 e. The van der Waals surface area contributed by atoms with E-state index in [9.17, 15) is 8.42 Å². The third-order valence-electron chi connectivity index (χ3n) is 4.37. The van der Waals surface area contributed by atoms with Crippen LogP contribution in [0.1, 0.15) is 33.6 Å². The molecular formula is C13H26N2O2S. The monoisotopic (exact) mass is 274 g/mol. The molecule has 2 fully saturated rings. The van der Waals surface area contributed by atoms with Crippen LogP contribution in [0.15, 0.2) is 0 Å². The van der Waals surface area contributed by atoms with Crippen LogP contribution in [-0.2, 0) is 9.84 Å². The molecule has 0 aromatic rings. The topological polar surface area (TPSA) is 49.4 Å². The van der Waals surface area contributed by atoms with Gasteiger partial charge in [-0.05, 0) is 32.6 Å². The van der Waals surface area contributed by atoms with Crippen molar-refractivity contribution in [2.45, 2.75) is 45.2 Å². The van der Waals surface area contributed by atoms with Crippen molar-refractivity contribution in [1.82, 2.24) is 10.2 Å². The Morgan fingerprint density at radius 2 is 2.00 bits per heavy atom. The van der Waals surface area contributed by atoms with Crippen LogP contribution in [-0.4, -0.2) is 56.0 Å². The zero-order chi connectivity index (χ0) is 13.4. The fraction of sp³-hybridized carbons (Fsp3) is 1.00. The highest BCUT2D eigenvalue weighted by Gasteiger charge is 2.40. The third kappa shape index (κ3) is 3.45. The summed E-state index contributed by atoms with van der Waals surface area (Å²) in [5.74, 6) is 1.38. The molecule has 106 valence electrons. The van der Waals surface area contributed by atoms with Gasteiger partial charge in [-0.2, -0.15) is 0 Å². The van der Waals surface area contributed by atoms with Crippen molar-refractivity contribution in [2.24, 2.45) is 5.92 Å². The zero-order valence-corrected chi connectivity index (χ0v) is 12.6. The molecule has 2 rings (SSSR count). The molecule has 0 radical (unpaired) electrons. The summed E-state index contributed by atoms with van der Waals surface area (Å²) in [5.41, 5.74) is 0.0641. The largest absolute Gasteiger partial charge is 0.311 e. The van der Waals surface area contributed by atoms with Crippen LogP contribution in [0.25, 0.3) is 0 Å². The first-order chi connectivity index (χ1) is 8.34. The van der Waals surface area contributed by atoms with Crippen molar-refractivity contribution >= 4 is 9.84 Å². The van der Waals surface area contributed by atoms with E-state index in [4.69, 9.17) is 0 Å². The van der Waals surface area contributed by atoms with Crippen molar-refractivity contribution < 1.29 is 8.42 Å². The average Bonchev–Trinajstić information content (AvgIpc) is 3.11. The maximum absolute atomic E-state index is 11.6. The smallest absolute Gasteiger partial charge is 0.151 e. The quantitative estimate of drug-likeness (QED) is 0.809. The standard InChI is InChI=1S/C13H26N2O2S/c1-4-18(16,17)8-7-15-9-12(11-5-6-11)14-10-13(15,2)3/h11-12,14H,4-10H2,1-3H3. The Morgan fingerprint density at radius 3 is 2.56 bits per heavy atom.